The van der Waals surface area contributed by atoms with E-state index in [1.165, 1.54) is 0 Å². The molecule has 0 saturated heterocycles. The Labute approximate surface area is 61.8 Å². The number of aldehydes is 1. The number of hydrogen-bond donors (Lipinski definition) is 0. The Morgan fingerprint density at radius 2 is 1.90 bits per heavy atom. The van der Waals surface area contributed by atoms with Crippen LogP contribution in [-0.2, 0) is 4.79 Å². The highest BCUT2D eigenvalue weighted by atomic mass is 16.1. The zero-order valence-electron chi connectivity index (χ0n) is 6.11. The normalized spacial score (nSPS) is 6.50. The molecule has 0 spiro atoms. The van der Waals surface area contributed by atoms with Gasteiger partial charge in [0.2, 0.25) is 0 Å². The quantitative estimate of drug-likeness (QED) is 0.301. The minimum atomic E-state index is 0.604. The predicted molar refractivity (Wildman–Crippen MR) is 41.1 cm³/mol. The molecule has 0 aromatic rings. The molecule has 0 heterocycles. The van der Waals surface area contributed by atoms with E-state index in [9.17, 15) is 4.79 Å². The molecule has 0 rings (SSSR count). The first kappa shape index (κ1) is 8.79. The van der Waals surface area contributed by atoms with Crippen LogP contribution in [0.4, 0.5) is 0 Å². The summed E-state index contributed by atoms with van der Waals surface area (Å²) in [4.78, 5) is 9.68. The Morgan fingerprint density at radius 3 is 2.50 bits per heavy atom. The van der Waals surface area contributed by atoms with Crippen molar-refractivity contribution in [3.05, 3.63) is 0 Å². The van der Waals surface area contributed by atoms with Crippen molar-refractivity contribution in [3.8, 4) is 23.7 Å². The van der Waals surface area contributed by atoms with Gasteiger partial charge < -0.3 is 0 Å². The first-order valence-corrected chi connectivity index (χ1v) is 3.29. The van der Waals surface area contributed by atoms with Gasteiger partial charge in [0.15, 0.2) is 6.29 Å². The molecule has 10 heavy (non-hydrogen) atoms. The summed E-state index contributed by atoms with van der Waals surface area (Å²) in [7, 11) is 0. The maximum absolute atomic E-state index is 9.68. The fourth-order valence-corrected chi connectivity index (χ4v) is 0.452. The standard InChI is InChI=1S/C9H10O/c1-2-3-4-5-6-7-8-9-10/h9H,2,5-6H2,1H3. The van der Waals surface area contributed by atoms with Crippen molar-refractivity contribution in [2.45, 2.75) is 26.2 Å². The molecular weight excluding hydrogens is 124 g/mol. The Bertz CT molecular complexity index is 194. The number of rotatable bonds is 1. The molecule has 0 amide bonds. The molecule has 0 saturated carbocycles. The van der Waals surface area contributed by atoms with Crippen molar-refractivity contribution in [1.82, 2.24) is 0 Å². The van der Waals surface area contributed by atoms with Gasteiger partial charge in [0, 0.05) is 19.3 Å². The molecule has 1 heteroatoms. The maximum Gasteiger partial charge on any atom is 0.192 e. The molecule has 0 aromatic carbocycles. The summed E-state index contributed by atoms with van der Waals surface area (Å²) in [6.07, 6.45) is 2.97. The zero-order chi connectivity index (χ0) is 7.66. The van der Waals surface area contributed by atoms with Crippen LogP contribution >= 0.6 is 0 Å². The third kappa shape index (κ3) is 6.79. The lowest BCUT2D eigenvalue weighted by Gasteiger charge is -1.75. The minimum absolute atomic E-state index is 0.604. The van der Waals surface area contributed by atoms with Gasteiger partial charge in [-0.25, -0.2) is 0 Å². The van der Waals surface area contributed by atoms with E-state index >= 15 is 0 Å². The molecular formula is C9H10O. The second-order valence-electron chi connectivity index (χ2n) is 1.65. The van der Waals surface area contributed by atoms with Crippen molar-refractivity contribution >= 4 is 6.29 Å². The summed E-state index contributed by atoms with van der Waals surface area (Å²) < 4.78 is 0. The zero-order valence-corrected chi connectivity index (χ0v) is 6.11. The molecule has 1 nitrogen and oxygen atoms in total. The third-order valence-electron chi connectivity index (χ3n) is 0.838. The van der Waals surface area contributed by atoms with Crippen LogP contribution in [-0.4, -0.2) is 6.29 Å². The van der Waals surface area contributed by atoms with Crippen molar-refractivity contribution in [3.63, 3.8) is 0 Å². The summed E-state index contributed by atoms with van der Waals surface area (Å²) >= 11 is 0. The van der Waals surface area contributed by atoms with Gasteiger partial charge in [-0.2, -0.15) is 0 Å². The smallest absolute Gasteiger partial charge is 0.192 e. The lowest BCUT2D eigenvalue weighted by Crippen LogP contribution is -1.66. The molecule has 0 aliphatic heterocycles. The highest BCUT2D eigenvalue weighted by molar-refractivity contribution is 5.72. The largest absolute Gasteiger partial charge is 0.289 e. The molecule has 0 bridgehead atoms. The van der Waals surface area contributed by atoms with Gasteiger partial charge in [0.1, 0.15) is 0 Å². The molecule has 0 N–H and O–H groups in total. The van der Waals surface area contributed by atoms with Crippen LogP contribution in [0.2, 0.25) is 0 Å². The van der Waals surface area contributed by atoms with E-state index in [-0.39, 0.29) is 0 Å². The van der Waals surface area contributed by atoms with Crippen molar-refractivity contribution in [1.29, 1.82) is 0 Å². The van der Waals surface area contributed by atoms with E-state index in [0.717, 1.165) is 12.8 Å². The highest BCUT2D eigenvalue weighted by Crippen LogP contribution is 1.82. The van der Waals surface area contributed by atoms with Gasteiger partial charge in [-0.1, -0.05) is 12.8 Å². The van der Waals surface area contributed by atoms with E-state index < -0.39 is 0 Å². The first-order valence-electron chi connectivity index (χ1n) is 3.29. The van der Waals surface area contributed by atoms with Crippen molar-refractivity contribution in [2.24, 2.45) is 0 Å². The van der Waals surface area contributed by atoms with Crippen molar-refractivity contribution in [2.75, 3.05) is 0 Å². The Hall–Kier alpha value is -1.21. The molecule has 0 aliphatic rings. The average Bonchev–Trinajstić information content (AvgIpc) is 1.97. The maximum atomic E-state index is 9.68. The molecule has 0 unspecified atom stereocenters. The number of carbonyl (C=O) groups is 1. The topological polar surface area (TPSA) is 17.1 Å². The third-order valence-corrected chi connectivity index (χ3v) is 0.838. The van der Waals surface area contributed by atoms with E-state index in [2.05, 4.69) is 23.7 Å². The van der Waals surface area contributed by atoms with E-state index in [1.807, 2.05) is 6.92 Å². The van der Waals surface area contributed by atoms with Gasteiger partial charge >= 0.3 is 0 Å². The van der Waals surface area contributed by atoms with Gasteiger partial charge in [-0.15, -0.1) is 11.8 Å². The average molecular weight is 134 g/mol. The summed E-state index contributed by atoms with van der Waals surface area (Å²) in [6, 6.07) is 0. The summed E-state index contributed by atoms with van der Waals surface area (Å²) in [6.45, 7) is 2.00. The van der Waals surface area contributed by atoms with Gasteiger partial charge in [0.05, 0.1) is 0 Å². The van der Waals surface area contributed by atoms with Crippen LogP contribution in [0.15, 0.2) is 0 Å². The first-order chi connectivity index (χ1) is 4.91. The molecule has 0 fully saturated rings. The predicted octanol–water partition coefficient (Wildman–Crippen LogP) is 1.38. The lowest BCUT2D eigenvalue weighted by molar-refractivity contribution is -0.103. The molecule has 0 aliphatic carbocycles. The molecule has 0 radical (unpaired) electrons. The van der Waals surface area contributed by atoms with E-state index in [4.69, 9.17) is 0 Å². The van der Waals surface area contributed by atoms with Crippen LogP contribution in [0.5, 0.6) is 0 Å². The SMILES string of the molecule is CCC#CCCC#CC=O. The second kappa shape index (κ2) is 7.79. The van der Waals surface area contributed by atoms with Crippen LogP contribution in [0, 0.1) is 23.7 Å². The van der Waals surface area contributed by atoms with Crippen LogP contribution in [0.1, 0.15) is 26.2 Å². The van der Waals surface area contributed by atoms with E-state index in [0.29, 0.717) is 12.7 Å². The second-order valence-corrected chi connectivity index (χ2v) is 1.65. The van der Waals surface area contributed by atoms with Gasteiger partial charge in [-0.05, 0) is 5.92 Å². The number of hydrogen-bond acceptors (Lipinski definition) is 1. The molecule has 52 valence electrons. The fourth-order valence-electron chi connectivity index (χ4n) is 0.452. The van der Waals surface area contributed by atoms with Crippen LogP contribution in [0.3, 0.4) is 0 Å². The summed E-state index contributed by atoms with van der Waals surface area (Å²) in [5.74, 6) is 10.8. The molecule has 0 atom stereocenters. The Balaban J connectivity index is 3.28. The highest BCUT2D eigenvalue weighted by Gasteiger charge is 1.71. The van der Waals surface area contributed by atoms with Gasteiger partial charge in [0.25, 0.3) is 0 Å². The van der Waals surface area contributed by atoms with Gasteiger partial charge in [-0.3, -0.25) is 4.79 Å². The molecule has 0 aromatic heterocycles. The number of carbonyl (C=O) groups excluding carboxylic acids is 1. The van der Waals surface area contributed by atoms with Crippen molar-refractivity contribution < 1.29 is 4.79 Å². The van der Waals surface area contributed by atoms with E-state index in [1.54, 1.807) is 0 Å². The Morgan fingerprint density at radius 1 is 1.20 bits per heavy atom. The van der Waals surface area contributed by atoms with Crippen LogP contribution in [0.25, 0.3) is 0 Å². The Kier molecular flexibility index (Phi) is 6.85. The lowest BCUT2D eigenvalue weighted by atomic mass is 10.3. The number of unbranched alkanes of at least 4 members (excludes halogenated alkanes) is 1. The fraction of sp³-hybridized carbons (Fsp3) is 0.444. The summed E-state index contributed by atoms with van der Waals surface area (Å²) in [5, 5.41) is 0. The summed E-state index contributed by atoms with van der Waals surface area (Å²) in [5.41, 5.74) is 0. The minimum Gasteiger partial charge on any atom is -0.289 e. The monoisotopic (exact) mass is 134 g/mol. The van der Waals surface area contributed by atoms with Crippen LogP contribution < -0.4 is 0 Å².